The van der Waals surface area contributed by atoms with Crippen LogP contribution in [0.3, 0.4) is 0 Å². The molecule has 0 aliphatic rings. The Morgan fingerprint density at radius 3 is 2.89 bits per heavy atom. The summed E-state index contributed by atoms with van der Waals surface area (Å²) in [6, 6.07) is 7.65. The van der Waals surface area contributed by atoms with Crippen LogP contribution in [0.25, 0.3) is 6.08 Å². The molecule has 0 aliphatic heterocycles. The number of carbonyl (C=O) groups excluding carboxylic acids is 1. The number of hydroxylamine groups is 2. The Hall–Kier alpha value is -1.81. The van der Waals surface area contributed by atoms with Crippen molar-refractivity contribution in [3.8, 4) is 5.75 Å². The molecule has 0 aliphatic carbocycles. The Morgan fingerprint density at radius 2 is 2.21 bits per heavy atom. The molecule has 4 nitrogen and oxygen atoms in total. The quantitative estimate of drug-likeness (QED) is 0.431. The molecule has 4 heteroatoms. The van der Waals surface area contributed by atoms with Crippen molar-refractivity contribution >= 4 is 12.0 Å². The van der Waals surface area contributed by atoms with E-state index in [2.05, 4.69) is 6.92 Å². The minimum absolute atomic E-state index is 0.209. The summed E-state index contributed by atoms with van der Waals surface area (Å²) in [7, 11) is 3.02. The smallest absolute Gasteiger partial charge is 0.269 e. The molecule has 1 amide bonds. The minimum atomic E-state index is -0.209. The molecule has 0 spiro atoms. The molecule has 19 heavy (non-hydrogen) atoms. The van der Waals surface area contributed by atoms with Crippen LogP contribution in [-0.2, 0) is 9.63 Å². The van der Waals surface area contributed by atoms with Gasteiger partial charge in [0.15, 0.2) is 0 Å². The van der Waals surface area contributed by atoms with Gasteiger partial charge in [-0.25, -0.2) is 5.06 Å². The van der Waals surface area contributed by atoms with Gasteiger partial charge in [-0.2, -0.15) is 0 Å². The highest BCUT2D eigenvalue weighted by Crippen LogP contribution is 2.15. The highest BCUT2D eigenvalue weighted by atomic mass is 16.7. The van der Waals surface area contributed by atoms with E-state index in [1.165, 1.54) is 13.2 Å². The average Bonchev–Trinajstić information content (AvgIpc) is 2.44. The fourth-order valence-electron chi connectivity index (χ4n) is 1.40. The number of ether oxygens (including phenoxy) is 1. The Kier molecular flexibility index (Phi) is 6.68. The van der Waals surface area contributed by atoms with E-state index in [0.29, 0.717) is 0 Å². The van der Waals surface area contributed by atoms with Gasteiger partial charge in [-0.05, 0) is 30.2 Å². The summed E-state index contributed by atoms with van der Waals surface area (Å²) in [5.41, 5.74) is 0.923. The van der Waals surface area contributed by atoms with Crippen LogP contribution < -0.4 is 4.74 Å². The van der Waals surface area contributed by atoms with Crippen LogP contribution in [0.15, 0.2) is 30.3 Å². The first kappa shape index (κ1) is 15.2. The molecule has 0 radical (unpaired) electrons. The largest absolute Gasteiger partial charge is 0.494 e. The SMILES string of the molecule is CCCCOc1cccc(/C=C/C(=O)N(C)OC)c1. The Bertz CT molecular complexity index is 429. The number of rotatable bonds is 7. The van der Waals surface area contributed by atoms with Crippen molar-refractivity contribution in [1.82, 2.24) is 5.06 Å². The van der Waals surface area contributed by atoms with E-state index in [4.69, 9.17) is 9.57 Å². The van der Waals surface area contributed by atoms with E-state index in [1.807, 2.05) is 24.3 Å². The van der Waals surface area contributed by atoms with Crippen LogP contribution in [0.5, 0.6) is 5.75 Å². The lowest BCUT2D eigenvalue weighted by Gasteiger charge is -2.10. The maximum Gasteiger partial charge on any atom is 0.269 e. The highest BCUT2D eigenvalue weighted by molar-refractivity contribution is 5.90. The zero-order valence-electron chi connectivity index (χ0n) is 11.8. The summed E-state index contributed by atoms with van der Waals surface area (Å²) in [5, 5.41) is 1.16. The van der Waals surface area contributed by atoms with Crippen molar-refractivity contribution in [2.24, 2.45) is 0 Å². The summed E-state index contributed by atoms with van der Waals surface area (Å²) in [6.45, 7) is 2.84. The van der Waals surface area contributed by atoms with E-state index >= 15 is 0 Å². The van der Waals surface area contributed by atoms with Crippen molar-refractivity contribution in [3.63, 3.8) is 0 Å². The molecular weight excluding hydrogens is 242 g/mol. The molecule has 0 heterocycles. The van der Waals surface area contributed by atoms with Crippen LogP contribution in [0.2, 0.25) is 0 Å². The fourth-order valence-corrected chi connectivity index (χ4v) is 1.40. The van der Waals surface area contributed by atoms with Gasteiger partial charge in [0.1, 0.15) is 5.75 Å². The number of hydrogen-bond donors (Lipinski definition) is 0. The predicted molar refractivity (Wildman–Crippen MR) is 75.7 cm³/mol. The predicted octanol–water partition coefficient (Wildman–Crippen LogP) is 2.90. The molecule has 0 atom stereocenters. The summed E-state index contributed by atoms with van der Waals surface area (Å²) >= 11 is 0. The molecule has 104 valence electrons. The van der Waals surface area contributed by atoms with Crippen LogP contribution >= 0.6 is 0 Å². The number of nitrogens with zero attached hydrogens (tertiary/aromatic N) is 1. The first-order valence-electron chi connectivity index (χ1n) is 6.40. The molecule has 1 aromatic rings. The Balaban J connectivity index is 2.61. The maximum absolute atomic E-state index is 11.5. The molecule has 0 saturated carbocycles. The number of benzene rings is 1. The van der Waals surface area contributed by atoms with Gasteiger partial charge < -0.3 is 4.74 Å². The van der Waals surface area contributed by atoms with Crippen molar-refractivity contribution in [3.05, 3.63) is 35.9 Å². The Labute approximate surface area is 114 Å². The second-order valence-corrected chi connectivity index (χ2v) is 4.13. The van der Waals surface area contributed by atoms with E-state index in [9.17, 15) is 4.79 Å². The number of unbranched alkanes of at least 4 members (excludes halogenated alkanes) is 1. The van der Waals surface area contributed by atoms with Gasteiger partial charge in [-0.15, -0.1) is 0 Å². The average molecular weight is 263 g/mol. The molecule has 0 N–H and O–H groups in total. The molecule has 0 fully saturated rings. The second-order valence-electron chi connectivity index (χ2n) is 4.13. The monoisotopic (exact) mass is 263 g/mol. The maximum atomic E-state index is 11.5. The molecule has 0 aromatic heterocycles. The van der Waals surface area contributed by atoms with Crippen LogP contribution in [0, 0.1) is 0 Å². The molecular formula is C15H21NO3. The van der Waals surface area contributed by atoms with Crippen LogP contribution in [0.4, 0.5) is 0 Å². The van der Waals surface area contributed by atoms with Gasteiger partial charge in [-0.1, -0.05) is 25.5 Å². The van der Waals surface area contributed by atoms with Crippen LogP contribution in [0.1, 0.15) is 25.3 Å². The molecule has 0 saturated heterocycles. The van der Waals surface area contributed by atoms with Crippen molar-refractivity contribution in [1.29, 1.82) is 0 Å². The third-order valence-electron chi connectivity index (χ3n) is 2.63. The summed E-state index contributed by atoms with van der Waals surface area (Å²) < 4.78 is 5.61. The minimum Gasteiger partial charge on any atom is -0.494 e. The zero-order valence-corrected chi connectivity index (χ0v) is 11.8. The number of carbonyl (C=O) groups is 1. The second kappa shape index (κ2) is 8.32. The van der Waals surface area contributed by atoms with Crippen molar-refractivity contribution in [2.75, 3.05) is 20.8 Å². The van der Waals surface area contributed by atoms with E-state index in [0.717, 1.165) is 35.8 Å². The van der Waals surface area contributed by atoms with Gasteiger partial charge in [-0.3, -0.25) is 9.63 Å². The van der Waals surface area contributed by atoms with Crippen molar-refractivity contribution < 1.29 is 14.4 Å². The first-order valence-corrected chi connectivity index (χ1v) is 6.40. The van der Waals surface area contributed by atoms with E-state index in [-0.39, 0.29) is 5.91 Å². The number of hydrogen-bond acceptors (Lipinski definition) is 3. The third-order valence-corrected chi connectivity index (χ3v) is 2.63. The van der Waals surface area contributed by atoms with Crippen molar-refractivity contribution in [2.45, 2.75) is 19.8 Å². The fraction of sp³-hybridized carbons (Fsp3) is 0.400. The van der Waals surface area contributed by atoms with E-state index in [1.54, 1.807) is 13.1 Å². The lowest BCUT2D eigenvalue weighted by molar-refractivity contribution is -0.162. The summed E-state index contributed by atoms with van der Waals surface area (Å²) in [5.74, 6) is 0.614. The van der Waals surface area contributed by atoms with Crippen LogP contribution in [-0.4, -0.2) is 31.7 Å². The van der Waals surface area contributed by atoms with Gasteiger partial charge in [0.25, 0.3) is 5.91 Å². The molecule has 1 rings (SSSR count). The normalized spacial score (nSPS) is 10.7. The van der Waals surface area contributed by atoms with E-state index < -0.39 is 0 Å². The Morgan fingerprint density at radius 1 is 1.42 bits per heavy atom. The molecule has 0 bridgehead atoms. The van der Waals surface area contributed by atoms with Gasteiger partial charge in [0, 0.05) is 13.1 Å². The van der Waals surface area contributed by atoms with Gasteiger partial charge >= 0.3 is 0 Å². The lowest BCUT2D eigenvalue weighted by Crippen LogP contribution is -2.22. The number of amides is 1. The number of likely N-dealkylation sites (N-methyl/N-ethyl adjacent to an activating group) is 1. The van der Waals surface area contributed by atoms with Gasteiger partial charge in [0.2, 0.25) is 0 Å². The van der Waals surface area contributed by atoms with Gasteiger partial charge in [0.05, 0.1) is 13.7 Å². The lowest BCUT2D eigenvalue weighted by atomic mass is 10.2. The third kappa shape index (κ3) is 5.57. The summed E-state index contributed by atoms with van der Waals surface area (Å²) in [6.07, 6.45) is 5.35. The standard InChI is InChI=1S/C15H21NO3/c1-4-5-11-19-14-8-6-7-13(12-14)9-10-15(17)16(2)18-3/h6-10,12H,4-5,11H2,1-3H3/b10-9+. The first-order chi connectivity index (χ1) is 9.17. The zero-order chi connectivity index (χ0) is 14.1. The topological polar surface area (TPSA) is 38.8 Å². The molecule has 0 unspecified atom stereocenters. The highest BCUT2D eigenvalue weighted by Gasteiger charge is 2.02. The summed E-state index contributed by atoms with van der Waals surface area (Å²) in [4.78, 5) is 16.3. The molecule has 1 aromatic carbocycles.